The first-order chi connectivity index (χ1) is 8.85. The van der Waals surface area contributed by atoms with Crippen molar-refractivity contribution in [3.8, 4) is 0 Å². The Kier molecular flexibility index (Phi) is 4.28. The average molecular weight is 245 g/mol. The largest absolute Gasteiger partial charge is 0.365 e. The van der Waals surface area contributed by atoms with Gasteiger partial charge in [-0.05, 0) is 12.8 Å². The number of aromatic nitrogens is 4. The summed E-state index contributed by atoms with van der Waals surface area (Å²) in [6, 6.07) is 0.359. The smallest absolute Gasteiger partial charge is 0.162 e. The minimum absolute atomic E-state index is 0.359. The van der Waals surface area contributed by atoms with E-state index in [0.717, 1.165) is 29.8 Å². The molecule has 2 N–H and O–H groups in total. The molecule has 0 fully saturated rings. The van der Waals surface area contributed by atoms with Crippen LogP contribution in [0.25, 0.3) is 11.2 Å². The number of hydrogen-bond acceptors (Lipinski definition) is 4. The van der Waals surface area contributed by atoms with Crippen molar-refractivity contribution in [2.45, 2.75) is 38.6 Å². The lowest BCUT2D eigenvalue weighted by molar-refractivity contribution is 0.611. The van der Waals surface area contributed by atoms with Crippen molar-refractivity contribution in [2.24, 2.45) is 0 Å². The number of unbranched alkanes of at least 4 members (excludes halogenated alkanes) is 1. The number of anilines is 1. The topological polar surface area (TPSA) is 66.5 Å². The number of nitrogens with one attached hydrogen (secondary N) is 2. The predicted octanol–water partition coefficient (Wildman–Crippen LogP) is 2.90. The zero-order valence-electron chi connectivity index (χ0n) is 10.7. The summed E-state index contributed by atoms with van der Waals surface area (Å²) in [5, 5.41) is 3.44. The third kappa shape index (κ3) is 2.85. The van der Waals surface area contributed by atoms with Gasteiger partial charge in [0.05, 0.1) is 6.33 Å². The highest BCUT2D eigenvalue weighted by Crippen LogP contribution is 2.18. The van der Waals surface area contributed by atoms with Gasteiger partial charge in [0.15, 0.2) is 11.5 Å². The van der Waals surface area contributed by atoms with Crippen LogP contribution in [0.5, 0.6) is 0 Å². The van der Waals surface area contributed by atoms with Crippen LogP contribution in [0.4, 0.5) is 5.82 Å². The van der Waals surface area contributed by atoms with E-state index in [1.54, 1.807) is 12.7 Å². The van der Waals surface area contributed by atoms with Gasteiger partial charge in [0.25, 0.3) is 0 Å². The zero-order chi connectivity index (χ0) is 12.8. The second kappa shape index (κ2) is 6.14. The Morgan fingerprint density at radius 1 is 1.44 bits per heavy atom. The number of hydrogen-bond donors (Lipinski definition) is 2. The summed E-state index contributed by atoms with van der Waals surface area (Å²) in [5.41, 5.74) is 1.56. The molecule has 0 saturated heterocycles. The van der Waals surface area contributed by atoms with Crippen molar-refractivity contribution < 1.29 is 0 Å². The first-order valence-electron chi connectivity index (χ1n) is 6.36. The monoisotopic (exact) mass is 245 g/mol. The standard InChI is InChI=1S/C13H19N5/c1-3-5-7-10(6-4-2)18-13-11-12(15-8-14-11)16-9-17-13/h4,8-10H,2-3,5-7H2,1H3,(H2,14,15,16,17,18). The Morgan fingerprint density at radius 2 is 2.33 bits per heavy atom. The van der Waals surface area contributed by atoms with E-state index < -0.39 is 0 Å². The molecular formula is C13H19N5. The third-order valence-electron chi connectivity index (χ3n) is 2.92. The molecule has 18 heavy (non-hydrogen) atoms. The molecule has 0 bridgehead atoms. The van der Waals surface area contributed by atoms with Crippen LogP contribution in [0.1, 0.15) is 32.6 Å². The van der Waals surface area contributed by atoms with Crippen LogP contribution in [-0.2, 0) is 0 Å². The van der Waals surface area contributed by atoms with Gasteiger partial charge < -0.3 is 10.3 Å². The molecule has 2 heterocycles. The van der Waals surface area contributed by atoms with Crippen molar-refractivity contribution in [1.82, 2.24) is 19.9 Å². The summed E-state index contributed by atoms with van der Waals surface area (Å²) >= 11 is 0. The Labute approximate surface area is 107 Å². The van der Waals surface area contributed by atoms with Gasteiger partial charge in [0.1, 0.15) is 11.8 Å². The number of aromatic amines is 1. The molecule has 1 atom stereocenters. The van der Waals surface area contributed by atoms with E-state index in [9.17, 15) is 0 Å². The minimum Gasteiger partial charge on any atom is -0.365 e. The maximum Gasteiger partial charge on any atom is 0.162 e. The van der Waals surface area contributed by atoms with Crippen molar-refractivity contribution in [2.75, 3.05) is 5.32 Å². The van der Waals surface area contributed by atoms with Crippen LogP contribution >= 0.6 is 0 Å². The van der Waals surface area contributed by atoms with Crippen molar-refractivity contribution in [1.29, 1.82) is 0 Å². The van der Waals surface area contributed by atoms with Crippen LogP contribution in [0, 0.1) is 0 Å². The second-order valence-electron chi connectivity index (χ2n) is 4.33. The number of rotatable bonds is 7. The van der Waals surface area contributed by atoms with Gasteiger partial charge in [0, 0.05) is 6.04 Å². The fraction of sp³-hybridized carbons (Fsp3) is 0.462. The molecular weight excluding hydrogens is 226 g/mol. The zero-order valence-corrected chi connectivity index (χ0v) is 10.7. The van der Waals surface area contributed by atoms with Crippen molar-refractivity contribution >= 4 is 17.0 Å². The number of H-pyrrole nitrogens is 1. The molecule has 2 aromatic heterocycles. The van der Waals surface area contributed by atoms with E-state index in [1.165, 1.54) is 12.8 Å². The Hall–Kier alpha value is -1.91. The summed E-state index contributed by atoms with van der Waals surface area (Å²) in [6.45, 7) is 6.00. The number of fused-ring (bicyclic) bond motifs is 1. The fourth-order valence-electron chi connectivity index (χ4n) is 1.96. The van der Waals surface area contributed by atoms with Crippen LogP contribution < -0.4 is 5.32 Å². The van der Waals surface area contributed by atoms with Crippen LogP contribution in [0.3, 0.4) is 0 Å². The molecule has 96 valence electrons. The summed E-state index contributed by atoms with van der Waals surface area (Å²) < 4.78 is 0. The quantitative estimate of drug-likeness (QED) is 0.736. The Morgan fingerprint density at radius 3 is 3.11 bits per heavy atom. The molecule has 2 aromatic rings. The van der Waals surface area contributed by atoms with Crippen LogP contribution in [0.15, 0.2) is 25.3 Å². The van der Waals surface area contributed by atoms with E-state index in [1.807, 2.05) is 6.08 Å². The maximum absolute atomic E-state index is 4.27. The Bertz CT molecular complexity index is 505. The highest BCUT2D eigenvalue weighted by atomic mass is 15.1. The highest BCUT2D eigenvalue weighted by molar-refractivity contribution is 5.82. The summed E-state index contributed by atoms with van der Waals surface area (Å²) in [6.07, 6.45) is 9.55. The molecule has 0 aliphatic rings. The molecule has 0 aliphatic heterocycles. The third-order valence-corrected chi connectivity index (χ3v) is 2.92. The summed E-state index contributed by atoms with van der Waals surface area (Å²) in [7, 11) is 0. The van der Waals surface area contributed by atoms with Gasteiger partial charge in [-0.3, -0.25) is 0 Å². The molecule has 5 nitrogen and oxygen atoms in total. The average Bonchev–Trinajstić information content (AvgIpc) is 2.85. The van der Waals surface area contributed by atoms with Crippen LogP contribution in [-0.4, -0.2) is 26.0 Å². The molecule has 0 spiro atoms. The normalized spacial score (nSPS) is 12.5. The first kappa shape index (κ1) is 12.5. The van der Waals surface area contributed by atoms with Crippen molar-refractivity contribution in [3.05, 3.63) is 25.3 Å². The molecule has 0 aromatic carbocycles. The summed E-state index contributed by atoms with van der Waals surface area (Å²) in [4.78, 5) is 15.6. The van der Waals surface area contributed by atoms with E-state index in [-0.39, 0.29) is 0 Å². The predicted molar refractivity (Wildman–Crippen MR) is 73.4 cm³/mol. The van der Waals surface area contributed by atoms with Gasteiger partial charge in [0.2, 0.25) is 0 Å². The van der Waals surface area contributed by atoms with Gasteiger partial charge >= 0.3 is 0 Å². The lowest BCUT2D eigenvalue weighted by Gasteiger charge is -2.17. The molecule has 0 saturated carbocycles. The minimum atomic E-state index is 0.359. The second-order valence-corrected chi connectivity index (χ2v) is 4.33. The molecule has 2 rings (SSSR count). The van der Waals surface area contributed by atoms with E-state index in [0.29, 0.717) is 6.04 Å². The summed E-state index contributed by atoms with van der Waals surface area (Å²) in [5.74, 6) is 0.796. The van der Waals surface area contributed by atoms with Gasteiger partial charge in [-0.2, -0.15) is 0 Å². The number of imidazole rings is 1. The van der Waals surface area contributed by atoms with Gasteiger partial charge in [-0.25, -0.2) is 15.0 Å². The number of nitrogens with zero attached hydrogens (tertiary/aromatic N) is 3. The van der Waals surface area contributed by atoms with E-state index in [2.05, 4.69) is 38.8 Å². The maximum atomic E-state index is 4.27. The van der Waals surface area contributed by atoms with Crippen LogP contribution in [0.2, 0.25) is 0 Å². The molecule has 0 radical (unpaired) electrons. The SMILES string of the molecule is C=CCC(CCCC)Nc1ncnc2[nH]cnc12. The molecule has 0 amide bonds. The van der Waals surface area contributed by atoms with Gasteiger partial charge in [-0.15, -0.1) is 6.58 Å². The molecule has 1 unspecified atom stereocenters. The molecule has 5 heteroatoms. The lowest BCUT2D eigenvalue weighted by Crippen LogP contribution is -2.19. The van der Waals surface area contributed by atoms with Crippen molar-refractivity contribution in [3.63, 3.8) is 0 Å². The lowest BCUT2D eigenvalue weighted by atomic mass is 10.1. The Balaban J connectivity index is 2.14. The molecule has 0 aliphatic carbocycles. The van der Waals surface area contributed by atoms with E-state index in [4.69, 9.17) is 0 Å². The van der Waals surface area contributed by atoms with Gasteiger partial charge in [-0.1, -0.05) is 25.8 Å². The first-order valence-corrected chi connectivity index (χ1v) is 6.36. The highest BCUT2D eigenvalue weighted by Gasteiger charge is 2.11. The van der Waals surface area contributed by atoms with E-state index >= 15 is 0 Å². The fourth-order valence-corrected chi connectivity index (χ4v) is 1.96.